The summed E-state index contributed by atoms with van der Waals surface area (Å²) in [5.74, 6) is 0.905. The molecule has 1 saturated heterocycles. The lowest BCUT2D eigenvalue weighted by molar-refractivity contribution is 0.00335. The predicted molar refractivity (Wildman–Crippen MR) is 53.8 cm³/mol. The Morgan fingerprint density at radius 1 is 1.29 bits per heavy atom. The molecule has 1 aromatic rings. The van der Waals surface area contributed by atoms with Crippen LogP contribution in [0.2, 0.25) is 0 Å². The van der Waals surface area contributed by atoms with Crippen LogP contribution in [0.25, 0.3) is 0 Å². The van der Waals surface area contributed by atoms with Crippen LogP contribution in [-0.4, -0.2) is 24.7 Å². The van der Waals surface area contributed by atoms with E-state index in [1.54, 1.807) is 6.26 Å². The van der Waals surface area contributed by atoms with E-state index in [1.807, 2.05) is 12.1 Å². The molecule has 1 aromatic heterocycles. The highest BCUT2D eigenvalue weighted by Crippen LogP contribution is 2.09. The van der Waals surface area contributed by atoms with Crippen LogP contribution < -0.4 is 0 Å². The van der Waals surface area contributed by atoms with E-state index in [-0.39, 0.29) is 0 Å². The number of hydrogen-bond donors (Lipinski definition) is 0. The van der Waals surface area contributed by atoms with Crippen molar-refractivity contribution in [1.82, 2.24) is 4.90 Å². The molecule has 2 heterocycles. The number of rotatable bonds is 4. The van der Waals surface area contributed by atoms with E-state index in [0.29, 0.717) is 6.61 Å². The lowest BCUT2D eigenvalue weighted by Gasteiger charge is -2.25. The average molecular weight is 195 g/mol. The van der Waals surface area contributed by atoms with E-state index in [2.05, 4.69) is 4.90 Å². The number of nitrogens with zero attached hydrogens (tertiary/aromatic N) is 1. The molecule has 1 aliphatic rings. The van der Waals surface area contributed by atoms with Crippen molar-refractivity contribution in [1.29, 1.82) is 0 Å². The smallest absolute Gasteiger partial charge is 0.129 e. The molecule has 0 bridgehead atoms. The zero-order valence-corrected chi connectivity index (χ0v) is 8.45. The molecular formula is C11H17NO2. The van der Waals surface area contributed by atoms with Gasteiger partial charge < -0.3 is 9.15 Å². The van der Waals surface area contributed by atoms with Gasteiger partial charge in [0.2, 0.25) is 0 Å². The van der Waals surface area contributed by atoms with Gasteiger partial charge in [-0.1, -0.05) is 6.42 Å². The topological polar surface area (TPSA) is 25.6 Å². The van der Waals surface area contributed by atoms with Crippen LogP contribution in [0.1, 0.15) is 25.0 Å². The summed E-state index contributed by atoms with van der Waals surface area (Å²) in [5, 5.41) is 0. The van der Waals surface area contributed by atoms with Crippen molar-refractivity contribution in [3.05, 3.63) is 24.2 Å². The minimum Gasteiger partial charge on any atom is -0.467 e. The highest BCUT2D eigenvalue weighted by Gasteiger charge is 2.09. The maximum Gasteiger partial charge on any atom is 0.129 e. The van der Waals surface area contributed by atoms with E-state index in [9.17, 15) is 0 Å². The molecular weight excluding hydrogens is 178 g/mol. The summed E-state index contributed by atoms with van der Waals surface area (Å²) in [6, 6.07) is 3.83. The third kappa shape index (κ3) is 2.86. The molecule has 0 N–H and O–H groups in total. The van der Waals surface area contributed by atoms with Crippen LogP contribution in [0.4, 0.5) is 0 Å². The minimum absolute atomic E-state index is 0.587. The van der Waals surface area contributed by atoms with Gasteiger partial charge in [0.15, 0.2) is 0 Å². The Kier molecular flexibility index (Phi) is 3.60. The monoisotopic (exact) mass is 195 g/mol. The van der Waals surface area contributed by atoms with Gasteiger partial charge in [0, 0.05) is 13.1 Å². The van der Waals surface area contributed by atoms with Crippen LogP contribution in [0, 0.1) is 0 Å². The molecule has 14 heavy (non-hydrogen) atoms. The molecule has 1 fully saturated rings. The van der Waals surface area contributed by atoms with Crippen molar-refractivity contribution < 1.29 is 9.15 Å². The number of furan rings is 1. The highest BCUT2D eigenvalue weighted by atomic mass is 16.5. The third-order valence-corrected chi connectivity index (χ3v) is 2.55. The van der Waals surface area contributed by atoms with E-state index >= 15 is 0 Å². The largest absolute Gasteiger partial charge is 0.467 e. The highest BCUT2D eigenvalue weighted by molar-refractivity contribution is 4.95. The van der Waals surface area contributed by atoms with Crippen molar-refractivity contribution in [3.63, 3.8) is 0 Å². The van der Waals surface area contributed by atoms with Gasteiger partial charge in [-0.05, 0) is 25.0 Å². The molecule has 0 saturated carbocycles. The lowest BCUT2D eigenvalue weighted by Crippen LogP contribution is -2.31. The fourth-order valence-electron chi connectivity index (χ4n) is 1.76. The molecule has 3 nitrogen and oxygen atoms in total. The van der Waals surface area contributed by atoms with Gasteiger partial charge in [-0.3, -0.25) is 4.90 Å². The maximum absolute atomic E-state index is 5.55. The third-order valence-electron chi connectivity index (χ3n) is 2.55. The first-order valence-corrected chi connectivity index (χ1v) is 5.27. The quantitative estimate of drug-likeness (QED) is 0.736. The second-order valence-electron chi connectivity index (χ2n) is 3.74. The van der Waals surface area contributed by atoms with E-state index < -0.39 is 0 Å². The van der Waals surface area contributed by atoms with Crippen molar-refractivity contribution >= 4 is 0 Å². The minimum atomic E-state index is 0.587. The van der Waals surface area contributed by atoms with Crippen LogP contribution >= 0.6 is 0 Å². The first-order chi connectivity index (χ1) is 6.95. The van der Waals surface area contributed by atoms with Crippen LogP contribution in [0.3, 0.4) is 0 Å². The average Bonchev–Trinajstić information content (AvgIpc) is 2.72. The molecule has 1 aliphatic heterocycles. The zero-order valence-electron chi connectivity index (χ0n) is 8.45. The summed E-state index contributed by atoms with van der Waals surface area (Å²) in [6.07, 6.45) is 5.67. The second kappa shape index (κ2) is 5.17. The Morgan fingerprint density at radius 3 is 2.86 bits per heavy atom. The van der Waals surface area contributed by atoms with Crippen molar-refractivity contribution in [2.75, 3.05) is 19.8 Å². The normalized spacial score (nSPS) is 18.6. The fourth-order valence-corrected chi connectivity index (χ4v) is 1.76. The number of piperidine rings is 1. The van der Waals surface area contributed by atoms with Crippen molar-refractivity contribution in [2.45, 2.75) is 25.9 Å². The summed E-state index contributed by atoms with van der Waals surface area (Å²) < 4.78 is 10.7. The van der Waals surface area contributed by atoms with Crippen LogP contribution in [0.15, 0.2) is 22.8 Å². The molecule has 0 spiro atoms. The van der Waals surface area contributed by atoms with Gasteiger partial charge in [-0.25, -0.2) is 0 Å². The van der Waals surface area contributed by atoms with Gasteiger partial charge in [-0.2, -0.15) is 0 Å². The van der Waals surface area contributed by atoms with E-state index in [4.69, 9.17) is 9.15 Å². The fraction of sp³-hybridized carbons (Fsp3) is 0.636. The van der Waals surface area contributed by atoms with E-state index in [1.165, 1.54) is 32.4 Å². The molecule has 2 rings (SSSR count). The Balaban J connectivity index is 1.62. The Hall–Kier alpha value is -0.800. The van der Waals surface area contributed by atoms with Gasteiger partial charge in [-0.15, -0.1) is 0 Å². The first kappa shape index (κ1) is 9.74. The van der Waals surface area contributed by atoms with Crippen molar-refractivity contribution in [3.8, 4) is 0 Å². The van der Waals surface area contributed by atoms with Gasteiger partial charge >= 0.3 is 0 Å². The predicted octanol–water partition coefficient (Wildman–Crippen LogP) is 2.24. The Morgan fingerprint density at radius 2 is 2.14 bits per heavy atom. The molecule has 78 valence electrons. The molecule has 0 amide bonds. The van der Waals surface area contributed by atoms with Crippen LogP contribution in [-0.2, 0) is 11.3 Å². The number of hydrogen-bond acceptors (Lipinski definition) is 3. The summed E-state index contributed by atoms with van der Waals surface area (Å²) in [7, 11) is 0. The van der Waals surface area contributed by atoms with Gasteiger partial charge in [0.05, 0.1) is 13.0 Å². The molecule has 0 radical (unpaired) electrons. The summed E-state index contributed by atoms with van der Waals surface area (Å²) in [5.41, 5.74) is 0. The van der Waals surface area contributed by atoms with E-state index in [0.717, 1.165) is 12.5 Å². The summed E-state index contributed by atoms with van der Waals surface area (Å²) >= 11 is 0. The first-order valence-electron chi connectivity index (χ1n) is 5.27. The second-order valence-corrected chi connectivity index (χ2v) is 3.74. The number of likely N-dealkylation sites (tertiary alicyclic amines) is 1. The van der Waals surface area contributed by atoms with Crippen LogP contribution in [0.5, 0.6) is 0 Å². The number of ether oxygens (including phenoxy) is 1. The zero-order chi connectivity index (χ0) is 9.64. The molecule has 0 aliphatic carbocycles. The van der Waals surface area contributed by atoms with Gasteiger partial charge in [0.1, 0.15) is 12.4 Å². The standard InChI is InChI=1S/C11H17NO2/c1-2-6-12(7-3-1)10-13-9-11-5-4-8-14-11/h4-5,8H,1-3,6-7,9-10H2. The summed E-state index contributed by atoms with van der Waals surface area (Å²) in [6.45, 7) is 3.68. The molecule has 0 unspecified atom stereocenters. The van der Waals surface area contributed by atoms with Crippen molar-refractivity contribution in [2.24, 2.45) is 0 Å². The molecule has 3 heteroatoms. The SMILES string of the molecule is c1coc(COCN2CCCCC2)c1. The Labute approximate surface area is 84.6 Å². The van der Waals surface area contributed by atoms with Gasteiger partial charge in [0.25, 0.3) is 0 Å². The Bertz CT molecular complexity index is 240. The molecule has 0 aromatic carbocycles. The maximum atomic E-state index is 5.55. The molecule has 0 atom stereocenters. The summed E-state index contributed by atoms with van der Waals surface area (Å²) in [4.78, 5) is 2.35. The lowest BCUT2D eigenvalue weighted by atomic mass is 10.1.